The number of rotatable bonds is 6. The van der Waals surface area contributed by atoms with Crippen LogP contribution < -0.4 is 10.1 Å². The Labute approximate surface area is 132 Å². The van der Waals surface area contributed by atoms with Crippen molar-refractivity contribution in [2.24, 2.45) is 0 Å². The smallest absolute Gasteiger partial charge is 0.220 e. The van der Waals surface area contributed by atoms with E-state index < -0.39 is 0 Å². The van der Waals surface area contributed by atoms with Crippen LogP contribution in [0.15, 0.2) is 42.5 Å². The van der Waals surface area contributed by atoms with Crippen LogP contribution in [0.4, 0.5) is 0 Å². The first-order valence-electron chi connectivity index (χ1n) is 7.55. The first kappa shape index (κ1) is 16.1. The summed E-state index contributed by atoms with van der Waals surface area (Å²) < 4.78 is 5.25. The average molecular weight is 297 g/mol. The van der Waals surface area contributed by atoms with Crippen molar-refractivity contribution >= 4 is 5.91 Å². The molecule has 2 aromatic rings. The minimum absolute atomic E-state index is 0.0803. The van der Waals surface area contributed by atoms with E-state index in [1.54, 1.807) is 7.11 Å². The molecular formula is C19H23NO2. The fourth-order valence-corrected chi connectivity index (χ4v) is 2.44. The number of hydrogen-bond acceptors (Lipinski definition) is 2. The Morgan fingerprint density at radius 2 is 1.86 bits per heavy atom. The molecule has 0 unspecified atom stereocenters. The van der Waals surface area contributed by atoms with Crippen molar-refractivity contribution in [2.45, 2.75) is 33.2 Å². The first-order chi connectivity index (χ1) is 10.6. The van der Waals surface area contributed by atoms with Gasteiger partial charge in [0.1, 0.15) is 5.75 Å². The van der Waals surface area contributed by atoms with E-state index in [1.165, 1.54) is 5.56 Å². The lowest BCUT2D eigenvalue weighted by atomic mass is 10.1. The lowest BCUT2D eigenvalue weighted by Gasteiger charge is -2.09. The SMILES string of the molecule is COc1ccc(CCC(=O)NCc2ccccc2C)cc1C. The molecule has 0 heterocycles. The first-order valence-corrected chi connectivity index (χ1v) is 7.55. The standard InChI is InChI=1S/C19H23NO2/c1-14-6-4-5-7-17(14)13-20-19(21)11-9-16-8-10-18(22-3)15(2)12-16/h4-8,10,12H,9,11,13H2,1-3H3,(H,20,21). The van der Waals surface area contributed by atoms with Crippen LogP contribution in [0.3, 0.4) is 0 Å². The van der Waals surface area contributed by atoms with Gasteiger partial charge in [0, 0.05) is 13.0 Å². The molecule has 22 heavy (non-hydrogen) atoms. The Kier molecular flexibility index (Phi) is 5.59. The van der Waals surface area contributed by atoms with E-state index in [-0.39, 0.29) is 5.91 Å². The summed E-state index contributed by atoms with van der Waals surface area (Å²) >= 11 is 0. The highest BCUT2D eigenvalue weighted by Gasteiger charge is 2.05. The molecule has 0 aliphatic rings. The molecule has 1 N–H and O–H groups in total. The van der Waals surface area contributed by atoms with E-state index in [2.05, 4.69) is 24.4 Å². The topological polar surface area (TPSA) is 38.3 Å². The quantitative estimate of drug-likeness (QED) is 0.885. The molecule has 116 valence electrons. The van der Waals surface area contributed by atoms with Gasteiger partial charge < -0.3 is 10.1 Å². The minimum Gasteiger partial charge on any atom is -0.496 e. The third kappa shape index (κ3) is 4.35. The lowest BCUT2D eigenvalue weighted by Crippen LogP contribution is -2.23. The summed E-state index contributed by atoms with van der Waals surface area (Å²) in [6.07, 6.45) is 1.24. The van der Waals surface area contributed by atoms with Crippen molar-refractivity contribution < 1.29 is 9.53 Å². The highest BCUT2D eigenvalue weighted by Crippen LogP contribution is 2.19. The number of nitrogens with one attached hydrogen (secondary N) is 1. The van der Waals surface area contributed by atoms with E-state index in [9.17, 15) is 4.79 Å². The second kappa shape index (κ2) is 7.64. The van der Waals surface area contributed by atoms with Gasteiger partial charge in [-0.25, -0.2) is 0 Å². The van der Waals surface area contributed by atoms with E-state index in [0.29, 0.717) is 13.0 Å². The van der Waals surface area contributed by atoms with Gasteiger partial charge in [0.2, 0.25) is 5.91 Å². The van der Waals surface area contributed by atoms with Crippen molar-refractivity contribution in [3.63, 3.8) is 0 Å². The molecule has 0 radical (unpaired) electrons. The largest absolute Gasteiger partial charge is 0.496 e. The Morgan fingerprint density at radius 1 is 1.09 bits per heavy atom. The molecule has 1 amide bonds. The number of carbonyl (C=O) groups is 1. The van der Waals surface area contributed by atoms with E-state index in [1.807, 2.05) is 37.3 Å². The average Bonchev–Trinajstić information content (AvgIpc) is 2.52. The maximum absolute atomic E-state index is 12.0. The summed E-state index contributed by atoms with van der Waals surface area (Å²) in [5.41, 5.74) is 4.62. The molecular weight excluding hydrogens is 274 g/mol. The number of hydrogen-bond donors (Lipinski definition) is 1. The van der Waals surface area contributed by atoms with Crippen LogP contribution in [-0.4, -0.2) is 13.0 Å². The van der Waals surface area contributed by atoms with Gasteiger partial charge in [-0.05, 0) is 48.6 Å². The molecule has 0 aliphatic carbocycles. The van der Waals surface area contributed by atoms with Crippen LogP contribution >= 0.6 is 0 Å². The number of carbonyl (C=O) groups excluding carboxylic acids is 1. The predicted molar refractivity (Wildman–Crippen MR) is 89.1 cm³/mol. The molecule has 0 spiro atoms. The molecule has 2 aromatic carbocycles. The monoisotopic (exact) mass is 297 g/mol. The molecule has 3 nitrogen and oxygen atoms in total. The van der Waals surface area contributed by atoms with Gasteiger partial charge in [0.25, 0.3) is 0 Å². The number of benzene rings is 2. The molecule has 0 atom stereocenters. The zero-order valence-corrected chi connectivity index (χ0v) is 13.5. The Morgan fingerprint density at radius 3 is 2.55 bits per heavy atom. The zero-order chi connectivity index (χ0) is 15.9. The van der Waals surface area contributed by atoms with Gasteiger partial charge in [-0.2, -0.15) is 0 Å². The normalized spacial score (nSPS) is 10.3. The summed E-state index contributed by atoms with van der Waals surface area (Å²) in [6.45, 7) is 4.66. The maximum atomic E-state index is 12.0. The minimum atomic E-state index is 0.0803. The summed E-state index contributed by atoms with van der Waals surface area (Å²) in [5, 5.41) is 2.98. The molecule has 0 aliphatic heterocycles. The van der Waals surface area contributed by atoms with Crippen LogP contribution in [0.25, 0.3) is 0 Å². The molecule has 2 rings (SSSR count). The summed E-state index contributed by atoms with van der Waals surface area (Å²) in [7, 11) is 1.67. The summed E-state index contributed by atoms with van der Waals surface area (Å²) in [6, 6.07) is 14.1. The zero-order valence-electron chi connectivity index (χ0n) is 13.5. The Bertz CT molecular complexity index is 650. The maximum Gasteiger partial charge on any atom is 0.220 e. The van der Waals surface area contributed by atoms with Crippen LogP contribution in [0.5, 0.6) is 5.75 Å². The molecule has 0 saturated carbocycles. The van der Waals surface area contributed by atoms with Gasteiger partial charge >= 0.3 is 0 Å². The Hall–Kier alpha value is -2.29. The Balaban J connectivity index is 1.83. The van der Waals surface area contributed by atoms with Gasteiger partial charge in [0.15, 0.2) is 0 Å². The number of ether oxygens (including phenoxy) is 1. The molecule has 3 heteroatoms. The fourth-order valence-electron chi connectivity index (χ4n) is 2.44. The van der Waals surface area contributed by atoms with Gasteiger partial charge in [-0.1, -0.05) is 36.4 Å². The second-order valence-electron chi connectivity index (χ2n) is 5.51. The van der Waals surface area contributed by atoms with Crippen molar-refractivity contribution in [3.05, 3.63) is 64.7 Å². The van der Waals surface area contributed by atoms with Crippen LogP contribution in [0, 0.1) is 13.8 Å². The van der Waals surface area contributed by atoms with Crippen LogP contribution in [0.1, 0.15) is 28.7 Å². The third-order valence-electron chi connectivity index (χ3n) is 3.84. The lowest BCUT2D eigenvalue weighted by molar-refractivity contribution is -0.121. The van der Waals surface area contributed by atoms with E-state index in [0.717, 1.165) is 28.9 Å². The van der Waals surface area contributed by atoms with Crippen molar-refractivity contribution in [2.75, 3.05) is 7.11 Å². The van der Waals surface area contributed by atoms with Gasteiger partial charge in [-0.3, -0.25) is 4.79 Å². The molecule has 0 fully saturated rings. The molecule has 0 bridgehead atoms. The highest BCUT2D eigenvalue weighted by atomic mass is 16.5. The fraction of sp³-hybridized carbons (Fsp3) is 0.316. The van der Waals surface area contributed by atoms with Crippen molar-refractivity contribution in [1.82, 2.24) is 5.32 Å². The van der Waals surface area contributed by atoms with Crippen molar-refractivity contribution in [1.29, 1.82) is 0 Å². The number of aryl methyl sites for hydroxylation is 3. The summed E-state index contributed by atoms with van der Waals surface area (Å²) in [5.74, 6) is 0.962. The van der Waals surface area contributed by atoms with Crippen LogP contribution in [0.2, 0.25) is 0 Å². The van der Waals surface area contributed by atoms with Gasteiger partial charge in [-0.15, -0.1) is 0 Å². The van der Waals surface area contributed by atoms with Gasteiger partial charge in [0.05, 0.1) is 7.11 Å². The van der Waals surface area contributed by atoms with Crippen molar-refractivity contribution in [3.8, 4) is 5.75 Å². The molecule has 0 saturated heterocycles. The second-order valence-corrected chi connectivity index (χ2v) is 5.51. The summed E-state index contributed by atoms with van der Waals surface area (Å²) in [4.78, 5) is 12.0. The number of amides is 1. The third-order valence-corrected chi connectivity index (χ3v) is 3.84. The van der Waals surface area contributed by atoms with Crippen LogP contribution in [-0.2, 0) is 17.8 Å². The van der Waals surface area contributed by atoms with E-state index in [4.69, 9.17) is 4.74 Å². The van der Waals surface area contributed by atoms with E-state index >= 15 is 0 Å². The highest BCUT2D eigenvalue weighted by molar-refractivity contribution is 5.76. The molecule has 0 aromatic heterocycles. The predicted octanol–water partition coefficient (Wildman–Crippen LogP) is 3.56. The number of methoxy groups -OCH3 is 1.